The Kier molecular flexibility index (Phi) is 3.69. The van der Waals surface area contributed by atoms with Crippen LogP contribution < -0.4 is 4.90 Å². The molecule has 3 nitrogen and oxygen atoms in total. The number of rotatable bonds is 3. The standard InChI is InChI=1S/C14H21NO2/c1-10(16)12-7-8-15(9-12)14-6-4-3-5-13(14)11(2)17/h3-6,10-12,16-17H,7-9H2,1-2H3/t10?,11-,12?/m0/s1. The van der Waals surface area contributed by atoms with Gasteiger partial charge in [-0.3, -0.25) is 0 Å². The van der Waals surface area contributed by atoms with Crippen molar-refractivity contribution in [3.63, 3.8) is 0 Å². The number of aliphatic hydroxyl groups is 2. The second kappa shape index (κ2) is 5.07. The number of anilines is 1. The summed E-state index contributed by atoms with van der Waals surface area (Å²) in [5.74, 6) is 0.344. The molecule has 17 heavy (non-hydrogen) atoms. The van der Waals surface area contributed by atoms with E-state index in [9.17, 15) is 10.2 Å². The van der Waals surface area contributed by atoms with Gasteiger partial charge in [0.25, 0.3) is 0 Å². The fraction of sp³-hybridized carbons (Fsp3) is 0.571. The number of para-hydroxylation sites is 1. The first-order valence-electron chi connectivity index (χ1n) is 6.29. The highest BCUT2D eigenvalue weighted by Gasteiger charge is 2.27. The molecule has 2 N–H and O–H groups in total. The molecular weight excluding hydrogens is 214 g/mol. The molecule has 94 valence electrons. The fourth-order valence-corrected chi connectivity index (χ4v) is 2.53. The van der Waals surface area contributed by atoms with Crippen molar-refractivity contribution >= 4 is 5.69 Å². The van der Waals surface area contributed by atoms with Crippen LogP contribution in [0.25, 0.3) is 0 Å². The first-order chi connectivity index (χ1) is 8.09. The quantitative estimate of drug-likeness (QED) is 0.841. The summed E-state index contributed by atoms with van der Waals surface area (Å²) in [5, 5.41) is 19.4. The Balaban J connectivity index is 2.18. The first kappa shape index (κ1) is 12.4. The molecule has 3 atom stereocenters. The van der Waals surface area contributed by atoms with E-state index in [1.54, 1.807) is 6.92 Å². The van der Waals surface area contributed by atoms with Crippen LogP contribution >= 0.6 is 0 Å². The molecule has 2 rings (SSSR count). The molecule has 0 radical (unpaired) electrons. The number of hydrogen-bond donors (Lipinski definition) is 2. The number of aliphatic hydroxyl groups excluding tert-OH is 2. The van der Waals surface area contributed by atoms with Gasteiger partial charge in [-0.25, -0.2) is 0 Å². The normalized spacial score (nSPS) is 23.8. The molecule has 0 aromatic heterocycles. The third-order valence-electron chi connectivity index (χ3n) is 3.63. The molecule has 1 aliphatic rings. The van der Waals surface area contributed by atoms with E-state index >= 15 is 0 Å². The lowest BCUT2D eigenvalue weighted by Gasteiger charge is -2.23. The molecule has 1 fully saturated rings. The second-order valence-corrected chi connectivity index (χ2v) is 4.97. The van der Waals surface area contributed by atoms with E-state index in [1.165, 1.54) is 0 Å². The number of hydrogen-bond acceptors (Lipinski definition) is 3. The lowest BCUT2D eigenvalue weighted by Crippen LogP contribution is -2.24. The van der Waals surface area contributed by atoms with Gasteiger partial charge in [-0.2, -0.15) is 0 Å². The number of benzene rings is 1. The molecule has 0 saturated carbocycles. The topological polar surface area (TPSA) is 43.7 Å². The zero-order chi connectivity index (χ0) is 12.4. The summed E-state index contributed by atoms with van der Waals surface area (Å²) in [6.07, 6.45) is 0.321. The van der Waals surface area contributed by atoms with E-state index in [0.29, 0.717) is 5.92 Å². The third-order valence-corrected chi connectivity index (χ3v) is 3.63. The minimum Gasteiger partial charge on any atom is -0.393 e. The van der Waals surface area contributed by atoms with Crippen molar-refractivity contribution < 1.29 is 10.2 Å². The molecule has 0 amide bonds. The van der Waals surface area contributed by atoms with Crippen molar-refractivity contribution in [1.82, 2.24) is 0 Å². The van der Waals surface area contributed by atoms with Crippen LogP contribution in [0.5, 0.6) is 0 Å². The smallest absolute Gasteiger partial charge is 0.0781 e. The molecule has 0 aliphatic carbocycles. The van der Waals surface area contributed by atoms with Crippen LogP contribution in [-0.2, 0) is 0 Å². The molecule has 2 unspecified atom stereocenters. The van der Waals surface area contributed by atoms with E-state index < -0.39 is 6.10 Å². The summed E-state index contributed by atoms with van der Waals surface area (Å²) < 4.78 is 0. The van der Waals surface area contributed by atoms with Gasteiger partial charge in [0.15, 0.2) is 0 Å². The average molecular weight is 235 g/mol. The molecule has 1 aliphatic heterocycles. The zero-order valence-corrected chi connectivity index (χ0v) is 10.5. The summed E-state index contributed by atoms with van der Waals surface area (Å²) in [5.41, 5.74) is 2.07. The Morgan fingerprint density at radius 2 is 1.94 bits per heavy atom. The van der Waals surface area contributed by atoms with Gasteiger partial charge in [0.2, 0.25) is 0 Å². The van der Waals surface area contributed by atoms with Gasteiger partial charge >= 0.3 is 0 Å². The highest BCUT2D eigenvalue weighted by Crippen LogP contribution is 2.31. The van der Waals surface area contributed by atoms with Gasteiger partial charge in [-0.05, 0) is 26.3 Å². The highest BCUT2D eigenvalue weighted by molar-refractivity contribution is 5.55. The largest absolute Gasteiger partial charge is 0.393 e. The summed E-state index contributed by atoms with van der Waals surface area (Å²) >= 11 is 0. The van der Waals surface area contributed by atoms with Crippen molar-refractivity contribution in [2.75, 3.05) is 18.0 Å². The highest BCUT2D eigenvalue weighted by atomic mass is 16.3. The van der Waals surface area contributed by atoms with Crippen molar-refractivity contribution in [2.24, 2.45) is 5.92 Å². The molecule has 0 bridgehead atoms. The lowest BCUT2D eigenvalue weighted by atomic mass is 10.0. The maximum atomic E-state index is 9.76. The molecule has 0 spiro atoms. The van der Waals surface area contributed by atoms with Gasteiger partial charge in [0.05, 0.1) is 12.2 Å². The van der Waals surface area contributed by atoms with Crippen LogP contribution in [-0.4, -0.2) is 29.4 Å². The maximum Gasteiger partial charge on any atom is 0.0781 e. The minimum atomic E-state index is -0.447. The van der Waals surface area contributed by atoms with Gasteiger partial charge < -0.3 is 15.1 Å². The minimum absolute atomic E-state index is 0.251. The Bertz CT molecular complexity index is 376. The summed E-state index contributed by atoms with van der Waals surface area (Å²) in [7, 11) is 0. The van der Waals surface area contributed by atoms with E-state index in [4.69, 9.17) is 0 Å². The third kappa shape index (κ3) is 2.61. The zero-order valence-electron chi connectivity index (χ0n) is 10.5. The predicted molar refractivity (Wildman–Crippen MR) is 69.1 cm³/mol. The number of nitrogens with zero attached hydrogens (tertiary/aromatic N) is 1. The van der Waals surface area contributed by atoms with Crippen LogP contribution in [0.3, 0.4) is 0 Å². The molecule has 1 heterocycles. The lowest BCUT2D eigenvalue weighted by molar-refractivity contribution is 0.136. The second-order valence-electron chi connectivity index (χ2n) is 4.97. The van der Waals surface area contributed by atoms with Crippen LogP contribution in [0.2, 0.25) is 0 Å². The van der Waals surface area contributed by atoms with Crippen molar-refractivity contribution in [3.8, 4) is 0 Å². The van der Waals surface area contributed by atoms with Gasteiger partial charge in [-0.15, -0.1) is 0 Å². The van der Waals surface area contributed by atoms with Crippen LogP contribution in [0.4, 0.5) is 5.69 Å². The first-order valence-corrected chi connectivity index (χ1v) is 6.29. The van der Waals surface area contributed by atoms with Gasteiger partial charge in [-0.1, -0.05) is 18.2 Å². The monoisotopic (exact) mass is 235 g/mol. The van der Waals surface area contributed by atoms with Crippen molar-refractivity contribution in [3.05, 3.63) is 29.8 Å². The molecule has 3 heteroatoms. The Morgan fingerprint density at radius 3 is 2.53 bits per heavy atom. The Hall–Kier alpha value is -1.06. The van der Waals surface area contributed by atoms with E-state index in [1.807, 2.05) is 31.2 Å². The molecular formula is C14H21NO2. The van der Waals surface area contributed by atoms with E-state index in [2.05, 4.69) is 4.90 Å². The molecule has 1 aromatic carbocycles. The van der Waals surface area contributed by atoms with Gasteiger partial charge in [0.1, 0.15) is 0 Å². The maximum absolute atomic E-state index is 9.76. The van der Waals surface area contributed by atoms with Crippen LogP contribution in [0.15, 0.2) is 24.3 Å². The van der Waals surface area contributed by atoms with Gasteiger partial charge in [0, 0.05) is 30.3 Å². The van der Waals surface area contributed by atoms with E-state index in [0.717, 1.165) is 30.8 Å². The summed E-state index contributed by atoms with van der Waals surface area (Å²) in [6.45, 7) is 5.48. The Labute approximate surface area is 103 Å². The summed E-state index contributed by atoms with van der Waals surface area (Å²) in [4.78, 5) is 2.26. The molecule has 1 aromatic rings. The fourth-order valence-electron chi connectivity index (χ4n) is 2.53. The van der Waals surface area contributed by atoms with Crippen LogP contribution in [0, 0.1) is 5.92 Å². The average Bonchev–Trinajstić information content (AvgIpc) is 2.78. The Morgan fingerprint density at radius 1 is 1.24 bits per heavy atom. The SMILES string of the molecule is CC(O)C1CCN(c2ccccc2[C@H](C)O)C1. The predicted octanol–water partition coefficient (Wildman–Crippen LogP) is 1.95. The van der Waals surface area contributed by atoms with E-state index in [-0.39, 0.29) is 6.10 Å². The van der Waals surface area contributed by atoms with Crippen molar-refractivity contribution in [2.45, 2.75) is 32.5 Å². The molecule has 1 saturated heterocycles. The van der Waals surface area contributed by atoms with Crippen LogP contribution in [0.1, 0.15) is 31.9 Å². The van der Waals surface area contributed by atoms with Crippen molar-refractivity contribution in [1.29, 1.82) is 0 Å². The summed E-state index contributed by atoms with van der Waals surface area (Å²) in [6, 6.07) is 7.97.